The predicted molar refractivity (Wildman–Crippen MR) is 112 cm³/mol. The van der Waals surface area contributed by atoms with Crippen molar-refractivity contribution in [1.29, 1.82) is 0 Å². The molecule has 1 amide bonds. The van der Waals surface area contributed by atoms with Gasteiger partial charge in [-0.15, -0.1) is 0 Å². The standard InChI is InChI=1S/C22H23N5O2/c28-16-8-11-26(13-16)14-20-25-21(19-6-1-2-10-27(19)20)22(29)24-18-5-3-4-15-12-23-9-7-17(15)18/h1-7,9-10,12,16,20,25,28H,8,11,13-14H2,(H,24,29). The van der Waals surface area contributed by atoms with Crippen LogP contribution >= 0.6 is 0 Å². The van der Waals surface area contributed by atoms with E-state index < -0.39 is 0 Å². The number of likely N-dealkylation sites (tertiary alicyclic amines) is 1. The quantitative estimate of drug-likeness (QED) is 0.740. The van der Waals surface area contributed by atoms with Crippen LogP contribution in [0.4, 0.5) is 5.69 Å². The lowest BCUT2D eigenvalue weighted by molar-refractivity contribution is -0.113. The van der Waals surface area contributed by atoms with Crippen molar-refractivity contribution in [1.82, 2.24) is 20.1 Å². The zero-order valence-corrected chi connectivity index (χ0v) is 16.0. The van der Waals surface area contributed by atoms with E-state index in [1.807, 2.05) is 48.7 Å². The van der Waals surface area contributed by atoms with E-state index in [-0.39, 0.29) is 18.2 Å². The van der Waals surface area contributed by atoms with Crippen molar-refractivity contribution in [2.24, 2.45) is 0 Å². The van der Waals surface area contributed by atoms with Crippen LogP contribution in [0.15, 0.2) is 72.5 Å². The average molecular weight is 389 g/mol. The van der Waals surface area contributed by atoms with Crippen molar-refractivity contribution in [3.05, 3.63) is 72.5 Å². The summed E-state index contributed by atoms with van der Waals surface area (Å²) in [6, 6.07) is 7.70. The number of carbonyl (C=O) groups is 1. The number of aliphatic hydroxyl groups excluding tert-OH is 1. The van der Waals surface area contributed by atoms with Gasteiger partial charge in [0, 0.05) is 54.7 Å². The fourth-order valence-corrected chi connectivity index (χ4v) is 4.20. The minimum Gasteiger partial charge on any atom is -0.392 e. The molecule has 4 heterocycles. The summed E-state index contributed by atoms with van der Waals surface area (Å²) in [5.41, 5.74) is 2.18. The topological polar surface area (TPSA) is 80.7 Å². The lowest BCUT2D eigenvalue weighted by Gasteiger charge is -2.29. The molecule has 3 aliphatic heterocycles. The summed E-state index contributed by atoms with van der Waals surface area (Å²) in [6.07, 6.45) is 11.9. The van der Waals surface area contributed by atoms with E-state index in [0.717, 1.165) is 41.7 Å². The normalized spacial score (nSPS) is 23.6. The van der Waals surface area contributed by atoms with E-state index >= 15 is 0 Å². The van der Waals surface area contributed by atoms with Crippen molar-refractivity contribution in [3.63, 3.8) is 0 Å². The molecular formula is C22H23N5O2. The van der Waals surface area contributed by atoms with Crippen molar-refractivity contribution in [2.45, 2.75) is 18.7 Å². The molecular weight excluding hydrogens is 366 g/mol. The molecule has 0 spiro atoms. The third kappa shape index (κ3) is 3.39. The van der Waals surface area contributed by atoms with Crippen molar-refractivity contribution in [3.8, 4) is 0 Å². The molecule has 29 heavy (non-hydrogen) atoms. The molecule has 1 saturated heterocycles. The van der Waals surface area contributed by atoms with Crippen LogP contribution in [-0.4, -0.2) is 57.7 Å². The molecule has 2 atom stereocenters. The molecule has 2 unspecified atom stereocenters. The summed E-state index contributed by atoms with van der Waals surface area (Å²) in [7, 11) is 0. The number of pyridine rings is 1. The Balaban J connectivity index is 1.38. The van der Waals surface area contributed by atoms with Gasteiger partial charge in [-0.05, 0) is 30.7 Å². The molecule has 3 N–H and O–H groups in total. The van der Waals surface area contributed by atoms with E-state index in [1.54, 1.807) is 12.4 Å². The summed E-state index contributed by atoms with van der Waals surface area (Å²) in [4.78, 5) is 21.6. The van der Waals surface area contributed by atoms with E-state index in [4.69, 9.17) is 0 Å². The number of allylic oxidation sites excluding steroid dienone is 3. The highest BCUT2D eigenvalue weighted by molar-refractivity contribution is 6.09. The fourth-order valence-electron chi connectivity index (χ4n) is 4.20. The molecule has 5 rings (SSSR count). The van der Waals surface area contributed by atoms with Gasteiger partial charge in [-0.1, -0.05) is 18.2 Å². The fraction of sp³-hybridized carbons (Fsp3) is 0.273. The number of hydrogen-bond donors (Lipinski definition) is 3. The number of β-amino-alcohol motifs (C(OH)–C–C–N with tert-alkyl or cyclic N) is 1. The zero-order chi connectivity index (χ0) is 19.8. The van der Waals surface area contributed by atoms with Gasteiger partial charge in [-0.3, -0.25) is 14.7 Å². The molecule has 0 aliphatic carbocycles. The third-order valence-electron chi connectivity index (χ3n) is 5.63. The maximum absolute atomic E-state index is 13.2. The monoisotopic (exact) mass is 389 g/mol. The largest absolute Gasteiger partial charge is 0.392 e. The first kappa shape index (κ1) is 17.9. The molecule has 1 aromatic carbocycles. The highest BCUT2D eigenvalue weighted by atomic mass is 16.3. The average Bonchev–Trinajstić information content (AvgIpc) is 3.32. The maximum Gasteiger partial charge on any atom is 0.273 e. The molecule has 7 nitrogen and oxygen atoms in total. The zero-order valence-electron chi connectivity index (χ0n) is 16.0. The van der Waals surface area contributed by atoms with Crippen LogP contribution in [-0.2, 0) is 4.79 Å². The Bertz CT molecular complexity index is 1040. The summed E-state index contributed by atoms with van der Waals surface area (Å²) >= 11 is 0. The number of anilines is 1. The van der Waals surface area contributed by atoms with Crippen LogP contribution in [0, 0.1) is 0 Å². The Labute approximate surface area is 169 Å². The second-order valence-electron chi connectivity index (χ2n) is 7.59. The first-order valence-electron chi connectivity index (χ1n) is 9.87. The number of aliphatic hydroxyl groups is 1. The number of nitrogens with one attached hydrogen (secondary N) is 2. The van der Waals surface area contributed by atoms with Gasteiger partial charge < -0.3 is 20.6 Å². The maximum atomic E-state index is 13.2. The van der Waals surface area contributed by atoms with Crippen molar-refractivity contribution < 1.29 is 9.90 Å². The van der Waals surface area contributed by atoms with E-state index in [1.165, 1.54) is 0 Å². The number of amides is 1. The predicted octanol–water partition coefficient (Wildman–Crippen LogP) is 1.77. The highest BCUT2D eigenvalue weighted by Crippen LogP contribution is 2.28. The summed E-state index contributed by atoms with van der Waals surface area (Å²) in [5, 5.41) is 18.2. The second-order valence-corrected chi connectivity index (χ2v) is 7.59. The molecule has 1 fully saturated rings. The summed E-state index contributed by atoms with van der Waals surface area (Å²) in [5.74, 6) is -0.168. The number of benzene rings is 1. The van der Waals surface area contributed by atoms with Gasteiger partial charge in [-0.2, -0.15) is 0 Å². The van der Waals surface area contributed by atoms with E-state index in [2.05, 4.69) is 25.4 Å². The van der Waals surface area contributed by atoms with Gasteiger partial charge in [0.25, 0.3) is 5.91 Å². The van der Waals surface area contributed by atoms with Gasteiger partial charge in [-0.25, -0.2) is 0 Å². The number of aromatic nitrogens is 1. The van der Waals surface area contributed by atoms with Crippen LogP contribution in [0.3, 0.4) is 0 Å². The van der Waals surface area contributed by atoms with E-state index in [0.29, 0.717) is 12.2 Å². The van der Waals surface area contributed by atoms with Crippen LogP contribution in [0.5, 0.6) is 0 Å². The van der Waals surface area contributed by atoms with Crippen LogP contribution in [0.2, 0.25) is 0 Å². The number of hydrogen-bond acceptors (Lipinski definition) is 6. The minimum atomic E-state index is -0.260. The van der Waals surface area contributed by atoms with Crippen molar-refractivity contribution in [2.75, 3.05) is 25.0 Å². The molecule has 0 radical (unpaired) electrons. The Morgan fingerprint density at radius 3 is 3.10 bits per heavy atom. The van der Waals surface area contributed by atoms with Gasteiger partial charge in [0.2, 0.25) is 0 Å². The Morgan fingerprint density at radius 2 is 2.24 bits per heavy atom. The Kier molecular flexibility index (Phi) is 4.54. The number of carbonyl (C=O) groups excluding carboxylic acids is 1. The lowest BCUT2D eigenvalue weighted by Crippen LogP contribution is -2.45. The number of nitrogens with zero attached hydrogens (tertiary/aromatic N) is 3. The summed E-state index contributed by atoms with van der Waals surface area (Å²) < 4.78 is 0. The van der Waals surface area contributed by atoms with Crippen LogP contribution < -0.4 is 10.6 Å². The second kappa shape index (κ2) is 7.35. The molecule has 0 bridgehead atoms. The van der Waals surface area contributed by atoms with Gasteiger partial charge in [0.05, 0.1) is 11.8 Å². The Hall–Kier alpha value is -3.16. The SMILES string of the molecule is O=C(Nc1cccc2cnccc12)C1=C2C=CC=CN2C(CN2CCC(O)C2)N1. The molecule has 7 heteroatoms. The Morgan fingerprint density at radius 1 is 1.31 bits per heavy atom. The minimum absolute atomic E-state index is 0.0473. The third-order valence-corrected chi connectivity index (χ3v) is 5.63. The van der Waals surface area contributed by atoms with Gasteiger partial charge in [0.15, 0.2) is 0 Å². The lowest BCUT2D eigenvalue weighted by atomic mass is 10.1. The van der Waals surface area contributed by atoms with Crippen molar-refractivity contribution >= 4 is 22.4 Å². The molecule has 3 aliphatic rings. The van der Waals surface area contributed by atoms with E-state index in [9.17, 15) is 9.90 Å². The molecule has 0 saturated carbocycles. The highest BCUT2D eigenvalue weighted by Gasteiger charge is 2.35. The van der Waals surface area contributed by atoms with Crippen LogP contribution in [0.1, 0.15) is 6.42 Å². The smallest absolute Gasteiger partial charge is 0.273 e. The first-order valence-corrected chi connectivity index (χ1v) is 9.87. The first-order chi connectivity index (χ1) is 14.2. The van der Waals surface area contributed by atoms with Gasteiger partial charge >= 0.3 is 0 Å². The summed E-state index contributed by atoms with van der Waals surface area (Å²) in [6.45, 7) is 2.27. The molecule has 148 valence electrons. The van der Waals surface area contributed by atoms with Gasteiger partial charge in [0.1, 0.15) is 11.9 Å². The number of fused-ring (bicyclic) bond motifs is 2. The molecule has 2 aromatic rings. The molecule has 1 aromatic heterocycles. The number of rotatable bonds is 4. The van der Waals surface area contributed by atoms with Crippen LogP contribution in [0.25, 0.3) is 10.8 Å².